The van der Waals surface area contributed by atoms with Crippen LogP contribution in [0.2, 0.25) is 0 Å². The Morgan fingerprint density at radius 3 is 3.05 bits per heavy atom. The Hall–Kier alpha value is -2.33. The third kappa shape index (κ3) is 3.82. The molecule has 1 amide bonds. The van der Waals surface area contributed by atoms with Gasteiger partial charge in [-0.15, -0.1) is 10.2 Å². The summed E-state index contributed by atoms with van der Waals surface area (Å²) < 4.78 is 5.14. The summed E-state index contributed by atoms with van der Waals surface area (Å²) in [5.74, 6) is 0.430. The number of benzene rings is 1. The average molecular weight is 274 g/mol. The maximum absolute atomic E-state index is 11.7. The third-order valence-corrected chi connectivity index (χ3v) is 2.93. The van der Waals surface area contributed by atoms with Crippen LogP contribution in [-0.2, 0) is 4.79 Å². The van der Waals surface area contributed by atoms with E-state index >= 15 is 0 Å². The Morgan fingerprint density at radius 1 is 1.53 bits per heavy atom. The number of thioether (sulfide) groups is 1. The quantitative estimate of drug-likeness (QED) is 0.857. The van der Waals surface area contributed by atoms with Crippen molar-refractivity contribution in [1.29, 1.82) is 5.26 Å². The van der Waals surface area contributed by atoms with Gasteiger partial charge >= 0.3 is 0 Å². The minimum Gasteiger partial charge on any atom is -0.416 e. The van der Waals surface area contributed by atoms with Crippen molar-refractivity contribution in [2.45, 2.75) is 12.1 Å². The molecular formula is C12H10N4O2S. The zero-order chi connectivity index (χ0) is 13.7. The van der Waals surface area contributed by atoms with E-state index in [2.05, 4.69) is 15.5 Å². The van der Waals surface area contributed by atoms with Gasteiger partial charge in [-0.3, -0.25) is 4.79 Å². The van der Waals surface area contributed by atoms with Gasteiger partial charge in [0.05, 0.1) is 17.4 Å². The molecule has 1 heterocycles. The predicted octanol–water partition coefficient (Wildman–Crippen LogP) is 1.98. The van der Waals surface area contributed by atoms with Crippen LogP contribution in [0.15, 0.2) is 33.9 Å². The molecule has 96 valence electrons. The molecule has 0 radical (unpaired) electrons. The molecule has 0 bridgehead atoms. The molecule has 0 spiro atoms. The largest absolute Gasteiger partial charge is 0.416 e. The van der Waals surface area contributed by atoms with Crippen LogP contribution in [0, 0.1) is 18.3 Å². The number of nitriles is 1. The first-order chi connectivity index (χ1) is 9.17. The summed E-state index contributed by atoms with van der Waals surface area (Å²) in [4.78, 5) is 11.7. The molecule has 19 heavy (non-hydrogen) atoms. The standard InChI is InChI=1S/C12H10N4O2S/c1-8-15-16-12(18-8)19-7-11(17)14-10-4-2-3-9(5-10)6-13/h2-5H,7H2,1H3,(H,14,17). The molecule has 2 aromatic rings. The van der Waals surface area contributed by atoms with Crippen LogP contribution in [0.4, 0.5) is 5.69 Å². The van der Waals surface area contributed by atoms with Crippen LogP contribution in [0.3, 0.4) is 0 Å². The third-order valence-electron chi connectivity index (χ3n) is 2.11. The van der Waals surface area contributed by atoms with Gasteiger partial charge in [-0.2, -0.15) is 5.26 Å². The summed E-state index contributed by atoms with van der Waals surface area (Å²) in [7, 11) is 0. The van der Waals surface area contributed by atoms with E-state index in [1.54, 1.807) is 31.2 Å². The monoisotopic (exact) mass is 274 g/mol. The maximum Gasteiger partial charge on any atom is 0.277 e. The van der Waals surface area contributed by atoms with Gasteiger partial charge in [-0.05, 0) is 18.2 Å². The van der Waals surface area contributed by atoms with Gasteiger partial charge in [0, 0.05) is 12.6 Å². The normalized spacial score (nSPS) is 9.89. The summed E-state index contributed by atoms with van der Waals surface area (Å²) in [6.07, 6.45) is 0. The molecule has 0 saturated heterocycles. The fourth-order valence-corrected chi connectivity index (χ4v) is 1.93. The predicted molar refractivity (Wildman–Crippen MR) is 69.5 cm³/mol. The molecule has 1 N–H and O–H groups in total. The number of aryl methyl sites for hydroxylation is 1. The molecule has 0 aliphatic rings. The van der Waals surface area contributed by atoms with Crippen molar-refractivity contribution in [2.75, 3.05) is 11.1 Å². The molecule has 0 saturated carbocycles. The Morgan fingerprint density at radius 2 is 2.37 bits per heavy atom. The van der Waals surface area contributed by atoms with Gasteiger partial charge in [-0.25, -0.2) is 0 Å². The summed E-state index contributed by atoms with van der Waals surface area (Å²) in [5.41, 5.74) is 1.09. The lowest BCUT2D eigenvalue weighted by molar-refractivity contribution is -0.113. The van der Waals surface area contributed by atoms with E-state index in [4.69, 9.17) is 9.68 Å². The number of rotatable bonds is 4. The van der Waals surface area contributed by atoms with Crippen molar-refractivity contribution < 1.29 is 9.21 Å². The molecule has 0 fully saturated rings. The molecule has 6 nitrogen and oxygen atoms in total. The summed E-state index contributed by atoms with van der Waals surface area (Å²) in [5, 5.41) is 19.3. The number of nitrogens with zero attached hydrogens (tertiary/aromatic N) is 3. The van der Waals surface area contributed by atoms with Crippen molar-refractivity contribution in [1.82, 2.24) is 10.2 Å². The van der Waals surface area contributed by atoms with Gasteiger partial charge in [0.2, 0.25) is 11.8 Å². The molecule has 1 aromatic carbocycles. The molecule has 2 rings (SSSR count). The van der Waals surface area contributed by atoms with Crippen LogP contribution < -0.4 is 5.32 Å². The second kappa shape index (κ2) is 6.02. The first-order valence-electron chi connectivity index (χ1n) is 5.40. The molecule has 0 aliphatic heterocycles. The Kier molecular flexibility index (Phi) is 4.15. The van der Waals surface area contributed by atoms with E-state index in [9.17, 15) is 4.79 Å². The van der Waals surface area contributed by atoms with E-state index in [0.29, 0.717) is 22.4 Å². The SMILES string of the molecule is Cc1nnc(SCC(=O)Nc2cccc(C#N)c2)o1. The van der Waals surface area contributed by atoms with Crippen LogP contribution in [0.25, 0.3) is 0 Å². The van der Waals surface area contributed by atoms with Crippen molar-refractivity contribution in [3.8, 4) is 6.07 Å². The molecular weight excluding hydrogens is 264 g/mol. The van der Waals surface area contributed by atoms with Gasteiger partial charge in [0.1, 0.15) is 0 Å². The fourth-order valence-electron chi connectivity index (χ4n) is 1.33. The number of hydrogen-bond acceptors (Lipinski definition) is 6. The van der Waals surface area contributed by atoms with E-state index in [1.165, 1.54) is 0 Å². The minimum absolute atomic E-state index is 0.165. The molecule has 0 aliphatic carbocycles. The highest BCUT2D eigenvalue weighted by molar-refractivity contribution is 7.99. The zero-order valence-corrected chi connectivity index (χ0v) is 10.9. The van der Waals surface area contributed by atoms with E-state index in [1.807, 2.05) is 6.07 Å². The van der Waals surface area contributed by atoms with E-state index in [-0.39, 0.29) is 11.7 Å². The van der Waals surface area contributed by atoms with Crippen LogP contribution in [0.1, 0.15) is 11.5 Å². The molecule has 0 unspecified atom stereocenters. The van der Waals surface area contributed by atoms with E-state index < -0.39 is 0 Å². The number of anilines is 1. The second-order valence-corrected chi connectivity index (χ2v) is 4.54. The lowest BCUT2D eigenvalue weighted by Gasteiger charge is -2.03. The van der Waals surface area contributed by atoms with Crippen molar-refractivity contribution in [3.63, 3.8) is 0 Å². The zero-order valence-electron chi connectivity index (χ0n) is 10.1. The Balaban J connectivity index is 1.89. The van der Waals surface area contributed by atoms with Crippen molar-refractivity contribution >= 4 is 23.4 Å². The fraction of sp³-hybridized carbons (Fsp3) is 0.167. The van der Waals surface area contributed by atoms with Gasteiger partial charge in [0.15, 0.2) is 0 Å². The lowest BCUT2D eigenvalue weighted by atomic mass is 10.2. The molecule has 7 heteroatoms. The number of aromatic nitrogens is 2. The second-order valence-electron chi connectivity index (χ2n) is 3.62. The Bertz CT molecular complexity index is 633. The number of hydrogen-bond donors (Lipinski definition) is 1. The highest BCUT2D eigenvalue weighted by Crippen LogP contribution is 2.16. The van der Waals surface area contributed by atoms with Crippen LogP contribution in [-0.4, -0.2) is 21.9 Å². The lowest BCUT2D eigenvalue weighted by Crippen LogP contribution is -2.14. The van der Waals surface area contributed by atoms with E-state index in [0.717, 1.165) is 11.8 Å². The minimum atomic E-state index is -0.198. The van der Waals surface area contributed by atoms with Crippen LogP contribution >= 0.6 is 11.8 Å². The summed E-state index contributed by atoms with van der Waals surface area (Å²) in [6, 6.07) is 8.73. The van der Waals surface area contributed by atoms with Gasteiger partial charge in [-0.1, -0.05) is 17.8 Å². The molecule has 0 atom stereocenters. The Labute approximate surface area is 113 Å². The summed E-state index contributed by atoms with van der Waals surface area (Å²) >= 11 is 1.16. The van der Waals surface area contributed by atoms with Gasteiger partial charge in [0.25, 0.3) is 5.22 Å². The first kappa shape index (κ1) is 13.1. The maximum atomic E-state index is 11.7. The van der Waals surface area contributed by atoms with Gasteiger partial charge < -0.3 is 9.73 Å². The number of carbonyl (C=O) groups excluding carboxylic acids is 1. The number of carbonyl (C=O) groups is 1. The molecule has 1 aromatic heterocycles. The van der Waals surface area contributed by atoms with Crippen LogP contribution in [0.5, 0.6) is 0 Å². The highest BCUT2D eigenvalue weighted by atomic mass is 32.2. The topological polar surface area (TPSA) is 91.8 Å². The van der Waals surface area contributed by atoms with Crippen molar-refractivity contribution in [3.05, 3.63) is 35.7 Å². The smallest absolute Gasteiger partial charge is 0.277 e. The first-order valence-corrected chi connectivity index (χ1v) is 6.39. The summed E-state index contributed by atoms with van der Waals surface area (Å²) in [6.45, 7) is 1.69. The number of nitrogens with one attached hydrogen (secondary N) is 1. The number of amides is 1. The highest BCUT2D eigenvalue weighted by Gasteiger charge is 2.08. The van der Waals surface area contributed by atoms with Crippen molar-refractivity contribution in [2.24, 2.45) is 0 Å². The average Bonchev–Trinajstić information content (AvgIpc) is 2.82.